The van der Waals surface area contributed by atoms with Gasteiger partial charge >= 0.3 is 5.63 Å². The van der Waals surface area contributed by atoms with E-state index in [0.29, 0.717) is 11.3 Å². The fourth-order valence-electron chi connectivity index (χ4n) is 3.71. The van der Waals surface area contributed by atoms with Crippen LogP contribution in [0.1, 0.15) is 24.0 Å². The summed E-state index contributed by atoms with van der Waals surface area (Å²) in [4.78, 5) is 12.1. The Morgan fingerprint density at radius 3 is 2.42 bits per heavy atom. The average Bonchev–Trinajstić information content (AvgIpc) is 3.03. The quantitative estimate of drug-likeness (QED) is 0.460. The lowest BCUT2D eigenvalue weighted by atomic mass is 9.89. The maximum atomic E-state index is 12.1. The Morgan fingerprint density at radius 1 is 0.792 bits per heavy atom. The van der Waals surface area contributed by atoms with Gasteiger partial charge in [-0.15, -0.1) is 0 Å². The van der Waals surface area contributed by atoms with E-state index in [1.54, 1.807) is 0 Å². The van der Waals surface area contributed by atoms with E-state index in [1.165, 1.54) is 30.0 Å². The molecule has 4 aromatic rings. The Bertz CT molecular complexity index is 1100. The minimum absolute atomic E-state index is 0.339. The molecule has 0 saturated heterocycles. The van der Waals surface area contributed by atoms with Crippen LogP contribution in [0.4, 0.5) is 0 Å². The molecule has 3 nitrogen and oxygen atoms in total. The van der Waals surface area contributed by atoms with Crippen molar-refractivity contribution < 1.29 is 8.83 Å². The van der Waals surface area contributed by atoms with Gasteiger partial charge in [0.25, 0.3) is 0 Å². The number of aryl methyl sites for hydroxylation is 2. The molecule has 1 aliphatic rings. The van der Waals surface area contributed by atoms with Gasteiger partial charge in [-0.1, -0.05) is 18.2 Å². The Labute approximate surface area is 138 Å². The van der Waals surface area contributed by atoms with Crippen molar-refractivity contribution in [2.75, 3.05) is 0 Å². The molecule has 0 fully saturated rings. The van der Waals surface area contributed by atoms with Crippen molar-refractivity contribution in [1.82, 2.24) is 0 Å². The predicted octanol–water partition coefficient (Wildman–Crippen LogP) is 5.09. The molecule has 2 aromatic heterocycles. The molecule has 0 saturated carbocycles. The summed E-state index contributed by atoms with van der Waals surface area (Å²) in [5, 5.41) is 1.99. The first-order valence-corrected chi connectivity index (χ1v) is 8.36. The lowest BCUT2D eigenvalue weighted by Gasteiger charge is -2.16. The molecule has 0 bridgehead atoms. The van der Waals surface area contributed by atoms with Gasteiger partial charge in [0.15, 0.2) is 0 Å². The summed E-state index contributed by atoms with van der Waals surface area (Å²) in [5.74, 6) is 0.713. The molecular formula is C21H16O3. The van der Waals surface area contributed by atoms with Gasteiger partial charge in [0, 0.05) is 22.4 Å². The highest BCUT2D eigenvalue weighted by molar-refractivity contribution is 5.95. The van der Waals surface area contributed by atoms with E-state index in [1.807, 2.05) is 36.4 Å². The molecule has 0 aliphatic heterocycles. The Hall–Kier alpha value is -2.81. The number of hydrogen-bond donors (Lipinski definition) is 0. The van der Waals surface area contributed by atoms with Gasteiger partial charge in [-0.2, -0.15) is 0 Å². The zero-order valence-corrected chi connectivity index (χ0v) is 13.2. The van der Waals surface area contributed by atoms with Crippen molar-refractivity contribution in [1.29, 1.82) is 0 Å². The molecule has 1 aliphatic carbocycles. The topological polar surface area (TPSA) is 43.4 Å². The van der Waals surface area contributed by atoms with Crippen molar-refractivity contribution in [2.45, 2.75) is 25.7 Å². The third-order valence-electron chi connectivity index (χ3n) is 4.90. The van der Waals surface area contributed by atoms with E-state index in [4.69, 9.17) is 8.83 Å². The SMILES string of the molecule is O=c1cc(-c2cc3ccccc3o2)c2cc3c(cc2o1)CCCC3. The zero-order chi connectivity index (χ0) is 16.1. The van der Waals surface area contributed by atoms with Crippen LogP contribution in [0, 0.1) is 0 Å². The molecule has 24 heavy (non-hydrogen) atoms. The lowest BCUT2D eigenvalue weighted by molar-refractivity contribution is 0.558. The maximum Gasteiger partial charge on any atom is 0.336 e. The first-order valence-electron chi connectivity index (χ1n) is 8.36. The van der Waals surface area contributed by atoms with Crippen LogP contribution in [-0.4, -0.2) is 0 Å². The minimum Gasteiger partial charge on any atom is -0.456 e. The smallest absolute Gasteiger partial charge is 0.336 e. The van der Waals surface area contributed by atoms with Gasteiger partial charge in [0.05, 0.1) is 0 Å². The molecular weight excluding hydrogens is 300 g/mol. The molecule has 0 radical (unpaired) electrons. The number of para-hydroxylation sites is 1. The van der Waals surface area contributed by atoms with Gasteiger partial charge in [-0.05, 0) is 61.1 Å². The van der Waals surface area contributed by atoms with Crippen molar-refractivity contribution >= 4 is 21.9 Å². The van der Waals surface area contributed by atoms with Crippen LogP contribution in [0.2, 0.25) is 0 Å². The Kier molecular flexibility index (Phi) is 2.89. The first kappa shape index (κ1) is 13.6. The van der Waals surface area contributed by atoms with Crippen LogP contribution in [0.15, 0.2) is 62.2 Å². The molecule has 118 valence electrons. The van der Waals surface area contributed by atoms with E-state index in [2.05, 4.69) is 6.07 Å². The number of rotatable bonds is 1. The molecule has 0 atom stereocenters. The van der Waals surface area contributed by atoms with E-state index >= 15 is 0 Å². The molecule has 5 rings (SSSR count). The normalized spacial score (nSPS) is 14.2. The molecule has 2 aromatic carbocycles. The van der Waals surface area contributed by atoms with Crippen LogP contribution in [0.5, 0.6) is 0 Å². The highest BCUT2D eigenvalue weighted by Crippen LogP contribution is 2.34. The summed E-state index contributed by atoms with van der Waals surface area (Å²) >= 11 is 0. The van der Waals surface area contributed by atoms with Gasteiger partial charge in [-0.25, -0.2) is 4.79 Å². The number of fused-ring (bicyclic) bond motifs is 3. The molecule has 0 spiro atoms. The monoisotopic (exact) mass is 316 g/mol. The van der Waals surface area contributed by atoms with Gasteiger partial charge in [0.1, 0.15) is 16.9 Å². The average molecular weight is 316 g/mol. The summed E-state index contributed by atoms with van der Waals surface area (Å²) < 4.78 is 11.4. The van der Waals surface area contributed by atoms with Crippen LogP contribution < -0.4 is 5.63 Å². The van der Waals surface area contributed by atoms with Gasteiger partial charge in [-0.3, -0.25) is 0 Å². The van der Waals surface area contributed by atoms with Crippen LogP contribution >= 0.6 is 0 Å². The number of furan rings is 1. The predicted molar refractivity (Wildman–Crippen MR) is 94.3 cm³/mol. The van der Waals surface area contributed by atoms with Crippen molar-refractivity contribution in [3.8, 4) is 11.3 Å². The second-order valence-corrected chi connectivity index (χ2v) is 6.45. The lowest BCUT2D eigenvalue weighted by Crippen LogP contribution is -2.04. The fraction of sp³-hybridized carbons (Fsp3) is 0.190. The third kappa shape index (κ3) is 2.08. The zero-order valence-electron chi connectivity index (χ0n) is 13.2. The maximum absolute atomic E-state index is 12.1. The van der Waals surface area contributed by atoms with Crippen molar-refractivity contribution in [3.63, 3.8) is 0 Å². The summed E-state index contributed by atoms with van der Waals surface area (Å²) in [6.45, 7) is 0. The minimum atomic E-state index is -0.339. The second-order valence-electron chi connectivity index (χ2n) is 6.45. The molecule has 3 heteroatoms. The largest absolute Gasteiger partial charge is 0.456 e. The van der Waals surface area contributed by atoms with E-state index in [9.17, 15) is 4.79 Å². The van der Waals surface area contributed by atoms with Crippen molar-refractivity contribution in [3.05, 3.63) is 70.1 Å². The van der Waals surface area contributed by atoms with Gasteiger partial charge < -0.3 is 8.83 Å². The molecule has 0 unspecified atom stereocenters. The van der Waals surface area contributed by atoms with E-state index in [-0.39, 0.29) is 5.63 Å². The number of benzene rings is 2. The molecule has 2 heterocycles. The van der Waals surface area contributed by atoms with E-state index in [0.717, 1.165) is 34.8 Å². The molecule has 0 amide bonds. The Morgan fingerprint density at radius 2 is 1.58 bits per heavy atom. The third-order valence-corrected chi connectivity index (χ3v) is 4.90. The Balaban J connectivity index is 1.82. The molecule has 0 N–H and O–H groups in total. The summed E-state index contributed by atoms with van der Waals surface area (Å²) in [6, 6.07) is 15.6. The number of hydrogen-bond acceptors (Lipinski definition) is 3. The summed E-state index contributed by atoms with van der Waals surface area (Å²) in [7, 11) is 0. The first-order chi connectivity index (χ1) is 11.8. The van der Waals surface area contributed by atoms with Crippen LogP contribution in [0.3, 0.4) is 0 Å². The highest BCUT2D eigenvalue weighted by Gasteiger charge is 2.16. The van der Waals surface area contributed by atoms with Crippen LogP contribution in [0.25, 0.3) is 33.3 Å². The van der Waals surface area contributed by atoms with Crippen LogP contribution in [-0.2, 0) is 12.8 Å². The fourth-order valence-corrected chi connectivity index (χ4v) is 3.71. The second kappa shape index (κ2) is 5.10. The summed E-state index contributed by atoms with van der Waals surface area (Å²) in [6.07, 6.45) is 4.56. The van der Waals surface area contributed by atoms with Crippen molar-refractivity contribution in [2.24, 2.45) is 0 Å². The summed E-state index contributed by atoms with van der Waals surface area (Å²) in [5.41, 5.74) is 4.61. The van der Waals surface area contributed by atoms with E-state index < -0.39 is 0 Å². The highest BCUT2D eigenvalue weighted by atomic mass is 16.4. The standard InChI is InChI=1S/C21H16O3/c22-21-12-17(19-11-15-7-3-4-8-18(15)23-19)16-9-13-5-1-2-6-14(13)10-20(16)24-21/h3-4,7-12H,1-2,5-6H2. The van der Waals surface area contributed by atoms with Gasteiger partial charge in [0.2, 0.25) is 0 Å².